The predicted octanol–water partition coefficient (Wildman–Crippen LogP) is 1.61. The molecule has 0 spiro atoms. The Morgan fingerprint density at radius 2 is 2.11 bits per heavy atom. The molecule has 3 aromatic rings. The number of hydrogen-bond acceptors (Lipinski definition) is 6. The highest BCUT2D eigenvalue weighted by Gasteiger charge is 2.40. The molecule has 3 heterocycles. The fourth-order valence-corrected chi connectivity index (χ4v) is 4.89. The van der Waals surface area contributed by atoms with Crippen molar-refractivity contribution in [3.63, 3.8) is 0 Å². The van der Waals surface area contributed by atoms with E-state index in [1.165, 1.54) is 11.2 Å². The van der Waals surface area contributed by atoms with Gasteiger partial charge in [0.05, 0.1) is 29.5 Å². The Bertz CT molecular complexity index is 1100. The van der Waals surface area contributed by atoms with Gasteiger partial charge in [-0.05, 0) is 30.3 Å². The van der Waals surface area contributed by atoms with Crippen LogP contribution in [0.4, 0.5) is 0 Å². The zero-order valence-electron chi connectivity index (χ0n) is 15.0. The number of methoxy groups -OCH3 is 1. The number of aromatic nitrogens is 2. The van der Waals surface area contributed by atoms with Gasteiger partial charge in [-0.2, -0.15) is 5.10 Å². The van der Waals surface area contributed by atoms with E-state index in [0.29, 0.717) is 22.7 Å². The largest absolute Gasteiger partial charge is 0.481 e. The molecule has 9 heteroatoms. The molecule has 27 heavy (non-hydrogen) atoms. The zero-order chi connectivity index (χ0) is 19.2. The normalized spacial score (nSPS) is 15.1. The second-order valence-corrected chi connectivity index (χ2v) is 8.86. The van der Waals surface area contributed by atoms with Crippen molar-refractivity contribution in [3.8, 4) is 5.88 Å². The summed E-state index contributed by atoms with van der Waals surface area (Å²) in [4.78, 5) is 14.2. The number of rotatable bonds is 5. The van der Waals surface area contributed by atoms with Crippen LogP contribution in [-0.2, 0) is 22.6 Å². The molecule has 142 valence electrons. The van der Waals surface area contributed by atoms with E-state index in [-0.39, 0.29) is 24.7 Å². The van der Waals surface area contributed by atoms with Crippen LogP contribution in [0.2, 0.25) is 0 Å². The molecule has 0 atom stereocenters. The van der Waals surface area contributed by atoms with Crippen LogP contribution < -0.4 is 4.74 Å². The van der Waals surface area contributed by atoms with Crippen molar-refractivity contribution in [1.82, 2.24) is 14.7 Å². The first kappa shape index (κ1) is 17.6. The van der Waals surface area contributed by atoms with Gasteiger partial charge in [0.25, 0.3) is 5.91 Å². The van der Waals surface area contributed by atoms with E-state index in [1.807, 2.05) is 0 Å². The number of hydrogen-bond donors (Lipinski definition) is 0. The predicted molar refractivity (Wildman–Crippen MR) is 98.3 cm³/mol. The van der Waals surface area contributed by atoms with Crippen molar-refractivity contribution in [2.75, 3.05) is 20.2 Å². The first-order chi connectivity index (χ1) is 12.9. The summed E-state index contributed by atoms with van der Waals surface area (Å²) < 4.78 is 36.8. The maximum Gasteiger partial charge on any atom is 0.254 e. The van der Waals surface area contributed by atoms with Crippen LogP contribution in [-0.4, -0.2) is 54.5 Å². The van der Waals surface area contributed by atoms with Gasteiger partial charge in [0.15, 0.2) is 9.84 Å². The van der Waals surface area contributed by atoms with Crippen molar-refractivity contribution in [3.05, 3.63) is 47.9 Å². The van der Waals surface area contributed by atoms with E-state index >= 15 is 0 Å². The van der Waals surface area contributed by atoms with E-state index in [9.17, 15) is 13.2 Å². The number of likely N-dealkylation sites (tertiary alicyclic amines) is 1. The first-order valence-electron chi connectivity index (χ1n) is 8.43. The van der Waals surface area contributed by atoms with Gasteiger partial charge in [0.1, 0.15) is 11.5 Å². The summed E-state index contributed by atoms with van der Waals surface area (Å²) in [6.07, 6.45) is 1.45. The van der Waals surface area contributed by atoms with Crippen molar-refractivity contribution >= 4 is 26.6 Å². The molecule has 1 aliphatic rings. The Hall–Kier alpha value is -2.81. The van der Waals surface area contributed by atoms with E-state index in [0.717, 1.165) is 5.39 Å². The van der Waals surface area contributed by atoms with Crippen LogP contribution in [0, 0.1) is 0 Å². The Morgan fingerprint density at radius 3 is 2.78 bits per heavy atom. The van der Waals surface area contributed by atoms with Crippen molar-refractivity contribution in [1.29, 1.82) is 0 Å². The highest BCUT2D eigenvalue weighted by molar-refractivity contribution is 7.91. The Balaban J connectivity index is 1.46. The van der Waals surface area contributed by atoms with Gasteiger partial charge in [-0.15, -0.1) is 0 Å². The molecule has 1 aromatic carbocycles. The fourth-order valence-electron chi connectivity index (χ4n) is 3.28. The summed E-state index contributed by atoms with van der Waals surface area (Å²) >= 11 is 0. The number of fused-ring (bicyclic) bond motifs is 1. The summed E-state index contributed by atoms with van der Waals surface area (Å²) in [6.45, 7) is 0.372. The van der Waals surface area contributed by atoms with Crippen molar-refractivity contribution in [2.45, 2.75) is 11.0 Å². The van der Waals surface area contributed by atoms with Crippen molar-refractivity contribution in [2.24, 2.45) is 7.05 Å². The molecule has 1 fully saturated rings. The lowest BCUT2D eigenvalue weighted by Crippen LogP contribution is -2.57. The number of amides is 1. The van der Waals surface area contributed by atoms with Gasteiger partial charge in [-0.3, -0.25) is 4.79 Å². The summed E-state index contributed by atoms with van der Waals surface area (Å²) in [5.41, 5.74) is 1.13. The molecule has 1 amide bonds. The van der Waals surface area contributed by atoms with Crippen LogP contribution >= 0.6 is 0 Å². The molecule has 0 N–H and O–H groups in total. The molecule has 1 saturated heterocycles. The van der Waals surface area contributed by atoms with Crippen LogP contribution in [0.25, 0.3) is 10.9 Å². The third-order valence-electron chi connectivity index (χ3n) is 4.79. The molecule has 0 unspecified atom stereocenters. The molecule has 4 rings (SSSR count). The smallest absolute Gasteiger partial charge is 0.254 e. The topological polar surface area (TPSA) is 94.6 Å². The minimum atomic E-state index is -3.36. The summed E-state index contributed by atoms with van der Waals surface area (Å²) in [6, 6.07) is 8.49. The monoisotopic (exact) mass is 389 g/mol. The number of carbonyl (C=O) groups is 1. The van der Waals surface area contributed by atoms with E-state index < -0.39 is 15.1 Å². The second kappa shape index (κ2) is 6.41. The third-order valence-corrected chi connectivity index (χ3v) is 6.79. The number of sulfone groups is 1. The average molecular weight is 389 g/mol. The lowest BCUT2D eigenvalue weighted by Gasteiger charge is -2.38. The minimum absolute atomic E-state index is 0.146. The van der Waals surface area contributed by atoms with Gasteiger partial charge in [-0.25, -0.2) is 13.1 Å². The standard InChI is InChI=1S/C18H19N3O5S/c1-20-18(25-2)15-6-5-12(8-16(15)19-20)17(22)21-9-14(10-21)27(23,24)11-13-4-3-7-26-13/h3-8,14H,9-11H2,1-2H3. The number of benzene rings is 1. The highest BCUT2D eigenvalue weighted by atomic mass is 32.2. The third kappa shape index (κ3) is 3.08. The maximum atomic E-state index is 12.7. The molecule has 1 aliphatic heterocycles. The second-order valence-electron chi connectivity index (χ2n) is 6.58. The number of nitrogens with zero attached hydrogens (tertiary/aromatic N) is 3. The van der Waals surface area contributed by atoms with Crippen LogP contribution in [0.15, 0.2) is 41.0 Å². The summed E-state index contributed by atoms with van der Waals surface area (Å²) in [5.74, 6) is 0.684. The van der Waals surface area contributed by atoms with Crippen LogP contribution in [0.3, 0.4) is 0 Å². The number of ether oxygens (including phenoxy) is 1. The lowest BCUT2D eigenvalue weighted by molar-refractivity contribution is 0.0659. The Labute approximate surface area is 156 Å². The Kier molecular flexibility index (Phi) is 4.18. The quantitative estimate of drug-likeness (QED) is 0.658. The SMILES string of the molecule is COc1c2ccc(C(=O)N3CC(S(=O)(=O)Cc4ccco4)C3)cc2nn1C. The van der Waals surface area contributed by atoms with Gasteiger partial charge in [0.2, 0.25) is 5.88 Å². The zero-order valence-corrected chi connectivity index (χ0v) is 15.8. The number of carbonyl (C=O) groups excluding carboxylic acids is 1. The van der Waals surface area contributed by atoms with E-state index in [2.05, 4.69) is 5.10 Å². The first-order valence-corrected chi connectivity index (χ1v) is 10.1. The molecular weight excluding hydrogens is 370 g/mol. The molecule has 0 saturated carbocycles. The maximum absolute atomic E-state index is 12.7. The van der Waals surface area contributed by atoms with Gasteiger partial charge < -0.3 is 14.1 Å². The van der Waals surface area contributed by atoms with Crippen molar-refractivity contribution < 1.29 is 22.4 Å². The van der Waals surface area contributed by atoms with Gasteiger partial charge >= 0.3 is 0 Å². The van der Waals surface area contributed by atoms with Gasteiger partial charge in [-0.1, -0.05) is 0 Å². The Morgan fingerprint density at radius 1 is 1.33 bits per heavy atom. The molecule has 2 aromatic heterocycles. The van der Waals surface area contributed by atoms with Crippen LogP contribution in [0.5, 0.6) is 5.88 Å². The molecule has 0 aliphatic carbocycles. The molecule has 0 radical (unpaired) electrons. The van der Waals surface area contributed by atoms with Crippen LogP contribution in [0.1, 0.15) is 16.1 Å². The molecule has 8 nitrogen and oxygen atoms in total. The average Bonchev–Trinajstić information content (AvgIpc) is 3.17. The summed E-state index contributed by atoms with van der Waals surface area (Å²) in [5, 5.41) is 4.59. The fraction of sp³-hybridized carbons (Fsp3) is 0.333. The number of aryl methyl sites for hydroxylation is 1. The summed E-state index contributed by atoms with van der Waals surface area (Å²) in [7, 11) is -0.0189. The molecule has 0 bridgehead atoms. The highest BCUT2D eigenvalue weighted by Crippen LogP contribution is 2.27. The minimum Gasteiger partial charge on any atom is -0.481 e. The van der Waals surface area contributed by atoms with E-state index in [1.54, 1.807) is 49.2 Å². The molecular formula is C18H19N3O5S. The number of furan rings is 1. The lowest BCUT2D eigenvalue weighted by atomic mass is 10.1. The van der Waals surface area contributed by atoms with E-state index in [4.69, 9.17) is 9.15 Å². The van der Waals surface area contributed by atoms with Gasteiger partial charge in [0, 0.05) is 25.7 Å².